The van der Waals surface area contributed by atoms with Crippen LogP contribution in [0.4, 0.5) is 0 Å². The Bertz CT molecular complexity index is 975. The number of likely N-dealkylation sites (tertiary alicyclic amines) is 2. The van der Waals surface area contributed by atoms with Crippen molar-refractivity contribution in [2.24, 2.45) is 0 Å². The summed E-state index contributed by atoms with van der Waals surface area (Å²) in [6.07, 6.45) is 8.71. The number of carbonyl (C=O) groups excluding carboxylic acids is 1. The number of amides is 1. The van der Waals surface area contributed by atoms with E-state index in [0.29, 0.717) is 23.1 Å². The molecule has 2 heterocycles. The fourth-order valence-corrected chi connectivity index (χ4v) is 5.41. The first-order valence-electron chi connectivity index (χ1n) is 12.5. The molecule has 3 aliphatic rings. The van der Waals surface area contributed by atoms with Gasteiger partial charge in [-0.1, -0.05) is 18.6 Å². The number of hydrogen-bond donors (Lipinski definition) is 0. The van der Waals surface area contributed by atoms with Gasteiger partial charge in [0.1, 0.15) is 11.9 Å². The zero-order valence-corrected chi connectivity index (χ0v) is 19.3. The zero-order chi connectivity index (χ0) is 22.6. The average molecular weight is 444 g/mol. The van der Waals surface area contributed by atoms with Gasteiger partial charge >= 0.3 is 0 Å². The second-order valence-electron chi connectivity index (χ2n) is 9.76. The quantitative estimate of drug-likeness (QED) is 0.654. The summed E-state index contributed by atoms with van der Waals surface area (Å²) in [7, 11) is 0. The molecule has 3 fully saturated rings. The summed E-state index contributed by atoms with van der Waals surface area (Å²) >= 11 is 0. The molecule has 5 nitrogen and oxygen atoms in total. The van der Waals surface area contributed by atoms with E-state index < -0.39 is 0 Å². The van der Waals surface area contributed by atoms with Crippen molar-refractivity contribution in [1.82, 2.24) is 9.80 Å². The molecule has 2 aromatic carbocycles. The van der Waals surface area contributed by atoms with Gasteiger partial charge < -0.3 is 14.5 Å². The molecule has 172 valence electrons. The van der Waals surface area contributed by atoms with Gasteiger partial charge in [0, 0.05) is 37.8 Å². The third-order valence-electron chi connectivity index (χ3n) is 7.77. The maximum absolute atomic E-state index is 12.8. The molecule has 0 radical (unpaired) electrons. The number of hydrogen-bond acceptors (Lipinski definition) is 4. The third-order valence-corrected chi connectivity index (χ3v) is 7.77. The first-order chi connectivity index (χ1) is 16.2. The Kier molecular flexibility index (Phi) is 6.64. The van der Waals surface area contributed by atoms with Crippen LogP contribution in [0.2, 0.25) is 0 Å². The molecule has 0 unspecified atom stereocenters. The number of piperidine rings is 2. The van der Waals surface area contributed by atoms with Crippen molar-refractivity contribution >= 4 is 5.91 Å². The molecule has 5 heteroatoms. The highest BCUT2D eigenvalue weighted by molar-refractivity contribution is 5.94. The predicted molar refractivity (Wildman–Crippen MR) is 128 cm³/mol. The van der Waals surface area contributed by atoms with Gasteiger partial charge in [0.15, 0.2) is 0 Å². The third kappa shape index (κ3) is 5.07. The molecule has 2 aliphatic heterocycles. The maximum Gasteiger partial charge on any atom is 0.253 e. The molecular weight excluding hydrogens is 410 g/mol. The van der Waals surface area contributed by atoms with Crippen LogP contribution in [0.15, 0.2) is 48.5 Å². The lowest BCUT2D eigenvalue weighted by molar-refractivity contribution is 0.0493. The molecular formula is C28H33N3O2. The van der Waals surface area contributed by atoms with E-state index in [1.165, 1.54) is 37.9 Å². The van der Waals surface area contributed by atoms with Gasteiger partial charge in [-0.2, -0.15) is 5.26 Å². The summed E-state index contributed by atoms with van der Waals surface area (Å²) in [6.45, 7) is 3.88. The lowest BCUT2D eigenvalue weighted by Gasteiger charge is -2.41. The molecule has 0 spiro atoms. The molecule has 5 rings (SSSR count). The molecule has 0 bridgehead atoms. The Hall–Kier alpha value is -2.84. The van der Waals surface area contributed by atoms with Crippen molar-refractivity contribution in [3.05, 3.63) is 65.2 Å². The summed E-state index contributed by atoms with van der Waals surface area (Å²) in [4.78, 5) is 17.4. The van der Waals surface area contributed by atoms with Crippen LogP contribution in [0.3, 0.4) is 0 Å². The summed E-state index contributed by atoms with van der Waals surface area (Å²) in [5.41, 5.74) is 2.58. The van der Waals surface area contributed by atoms with E-state index in [9.17, 15) is 4.79 Å². The Morgan fingerprint density at radius 3 is 2.09 bits per heavy atom. The number of ether oxygens (including phenoxy) is 1. The Morgan fingerprint density at radius 1 is 0.848 bits per heavy atom. The number of benzene rings is 2. The van der Waals surface area contributed by atoms with Crippen molar-refractivity contribution in [2.45, 2.75) is 63.0 Å². The highest BCUT2D eigenvalue weighted by Crippen LogP contribution is 2.31. The second kappa shape index (κ2) is 9.97. The summed E-state index contributed by atoms with van der Waals surface area (Å²) < 4.78 is 6.29. The minimum atomic E-state index is 0.0602. The van der Waals surface area contributed by atoms with Gasteiger partial charge in [-0.05, 0) is 86.4 Å². The predicted octanol–water partition coefficient (Wildman–Crippen LogP) is 4.97. The van der Waals surface area contributed by atoms with Crippen LogP contribution in [0.1, 0.15) is 72.3 Å². The highest BCUT2D eigenvalue weighted by Gasteiger charge is 2.29. The van der Waals surface area contributed by atoms with Crippen molar-refractivity contribution in [2.75, 3.05) is 26.2 Å². The van der Waals surface area contributed by atoms with E-state index in [-0.39, 0.29) is 5.91 Å². The van der Waals surface area contributed by atoms with Gasteiger partial charge in [-0.25, -0.2) is 0 Å². The van der Waals surface area contributed by atoms with Crippen molar-refractivity contribution in [3.8, 4) is 11.8 Å². The largest absolute Gasteiger partial charge is 0.490 e. The minimum Gasteiger partial charge on any atom is -0.490 e. The van der Waals surface area contributed by atoms with Crippen LogP contribution in [-0.2, 0) is 0 Å². The van der Waals surface area contributed by atoms with Crippen LogP contribution in [0.5, 0.6) is 5.75 Å². The van der Waals surface area contributed by atoms with Crippen LogP contribution in [-0.4, -0.2) is 54.0 Å². The van der Waals surface area contributed by atoms with Gasteiger partial charge in [-0.15, -0.1) is 0 Å². The van der Waals surface area contributed by atoms with E-state index in [0.717, 1.165) is 50.6 Å². The first-order valence-corrected chi connectivity index (χ1v) is 12.5. The molecule has 0 aromatic heterocycles. The number of nitrogens with zero attached hydrogens (tertiary/aromatic N) is 3. The van der Waals surface area contributed by atoms with Gasteiger partial charge in [0.2, 0.25) is 0 Å². The number of rotatable bonds is 5. The van der Waals surface area contributed by atoms with Gasteiger partial charge in [0.05, 0.1) is 11.6 Å². The normalized spacial score (nSPS) is 20.8. The first kappa shape index (κ1) is 22.0. The summed E-state index contributed by atoms with van der Waals surface area (Å²) in [5, 5.41) is 8.94. The zero-order valence-electron chi connectivity index (χ0n) is 19.3. The molecule has 2 saturated heterocycles. The molecule has 1 aliphatic carbocycles. The van der Waals surface area contributed by atoms with Gasteiger partial charge in [0.25, 0.3) is 5.91 Å². The van der Waals surface area contributed by atoms with E-state index in [1.807, 2.05) is 4.90 Å². The van der Waals surface area contributed by atoms with E-state index in [1.54, 1.807) is 24.3 Å². The minimum absolute atomic E-state index is 0.0602. The molecule has 33 heavy (non-hydrogen) atoms. The van der Waals surface area contributed by atoms with E-state index >= 15 is 0 Å². The molecule has 1 saturated carbocycles. The lowest BCUT2D eigenvalue weighted by Crippen LogP contribution is -2.46. The monoisotopic (exact) mass is 443 g/mol. The fourth-order valence-electron chi connectivity index (χ4n) is 5.41. The standard InChI is InChI=1S/C28H33N3O2/c29-20-21-4-6-24(7-5-21)28(32)31-16-12-23(13-17-31)22-8-10-26(11-9-22)33-27-14-18-30(19-15-27)25-2-1-3-25/h4-11,23,25,27H,1-3,12-19H2. The van der Waals surface area contributed by atoms with E-state index in [2.05, 4.69) is 35.2 Å². The average Bonchev–Trinajstić information content (AvgIpc) is 2.84. The maximum atomic E-state index is 12.8. The number of nitriles is 1. The summed E-state index contributed by atoms with van der Waals surface area (Å²) in [6, 6.07) is 18.5. The van der Waals surface area contributed by atoms with Gasteiger partial charge in [-0.3, -0.25) is 4.79 Å². The van der Waals surface area contributed by atoms with Crippen LogP contribution >= 0.6 is 0 Å². The van der Waals surface area contributed by atoms with Crippen molar-refractivity contribution in [3.63, 3.8) is 0 Å². The van der Waals surface area contributed by atoms with Crippen LogP contribution in [0, 0.1) is 11.3 Å². The molecule has 2 aromatic rings. The summed E-state index contributed by atoms with van der Waals surface area (Å²) in [5.74, 6) is 1.52. The fraction of sp³-hybridized carbons (Fsp3) is 0.500. The lowest BCUT2D eigenvalue weighted by atomic mass is 9.89. The Balaban J connectivity index is 1.09. The smallest absolute Gasteiger partial charge is 0.253 e. The highest BCUT2D eigenvalue weighted by atomic mass is 16.5. The molecule has 0 atom stereocenters. The van der Waals surface area contributed by atoms with Crippen LogP contribution in [0.25, 0.3) is 0 Å². The number of carbonyl (C=O) groups is 1. The molecule has 0 N–H and O–H groups in total. The second-order valence-corrected chi connectivity index (χ2v) is 9.76. The van der Waals surface area contributed by atoms with E-state index in [4.69, 9.17) is 10.00 Å². The molecule has 1 amide bonds. The Morgan fingerprint density at radius 2 is 1.52 bits per heavy atom. The van der Waals surface area contributed by atoms with Crippen LogP contribution < -0.4 is 4.74 Å². The van der Waals surface area contributed by atoms with Crippen molar-refractivity contribution in [1.29, 1.82) is 5.26 Å². The topological polar surface area (TPSA) is 56.6 Å². The SMILES string of the molecule is N#Cc1ccc(C(=O)N2CCC(c3ccc(OC4CCN(C5CCC5)CC4)cc3)CC2)cc1. The van der Waals surface area contributed by atoms with Crippen molar-refractivity contribution < 1.29 is 9.53 Å². The Labute approximate surface area is 196 Å².